The summed E-state index contributed by atoms with van der Waals surface area (Å²) in [5.74, 6) is 0.810. The Labute approximate surface area is 121 Å². The third kappa shape index (κ3) is 3.37. The summed E-state index contributed by atoms with van der Waals surface area (Å²) in [5.41, 5.74) is 2.06. The van der Waals surface area contributed by atoms with Gasteiger partial charge >= 0.3 is 0 Å². The molecule has 1 aliphatic rings. The Morgan fingerprint density at radius 1 is 1.25 bits per heavy atom. The lowest BCUT2D eigenvalue weighted by atomic mass is 10.1. The Kier molecular flexibility index (Phi) is 5.12. The second-order valence-electron chi connectivity index (χ2n) is 5.51. The summed E-state index contributed by atoms with van der Waals surface area (Å²) < 4.78 is 1.66. The minimum atomic E-state index is 0.135. The van der Waals surface area contributed by atoms with E-state index in [1.54, 1.807) is 11.6 Å². The van der Waals surface area contributed by atoms with E-state index in [0.717, 1.165) is 56.0 Å². The van der Waals surface area contributed by atoms with Crippen molar-refractivity contribution in [3.05, 3.63) is 39.6 Å². The highest BCUT2D eigenvalue weighted by atomic mass is 16.1. The van der Waals surface area contributed by atoms with E-state index in [9.17, 15) is 4.79 Å². The van der Waals surface area contributed by atoms with E-state index in [2.05, 4.69) is 29.0 Å². The number of unbranched alkanes of at least 4 members (excludes halogenated alkanes) is 1. The third-order valence-corrected chi connectivity index (χ3v) is 4.02. The van der Waals surface area contributed by atoms with Gasteiger partial charge < -0.3 is 0 Å². The average molecular weight is 275 g/mol. The van der Waals surface area contributed by atoms with E-state index in [1.165, 1.54) is 6.42 Å². The molecule has 0 aliphatic carbocycles. The predicted molar refractivity (Wildman–Crippen MR) is 82.1 cm³/mol. The number of aryl methyl sites for hydroxylation is 1. The zero-order chi connectivity index (χ0) is 14.5. The monoisotopic (exact) mass is 275 g/mol. The Morgan fingerprint density at radius 3 is 2.75 bits per heavy atom. The molecule has 20 heavy (non-hydrogen) atoms. The van der Waals surface area contributed by atoms with Gasteiger partial charge in [-0.3, -0.25) is 14.3 Å². The number of allylic oxidation sites excluding steroid dienone is 1. The van der Waals surface area contributed by atoms with Crippen LogP contribution >= 0.6 is 0 Å². The molecule has 1 aromatic rings. The van der Waals surface area contributed by atoms with Gasteiger partial charge in [-0.15, -0.1) is 0 Å². The first-order valence-electron chi connectivity index (χ1n) is 7.56. The van der Waals surface area contributed by atoms with Crippen molar-refractivity contribution in [2.24, 2.45) is 7.05 Å². The highest BCUT2D eigenvalue weighted by molar-refractivity contribution is 5.21. The van der Waals surface area contributed by atoms with Gasteiger partial charge in [-0.1, -0.05) is 25.5 Å². The van der Waals surface area contributed by atoms with Gasteiger partial charge in [0, 0.05) is 38.7 Å². The quantitative estimate of drug-likeness (QED) is 0.787. The van der Waals surface area contributed by atoms with Gasteiger partial charge in [-0.2, -0.15) is 0 Å². The van der Waals surface area contributed by atoms with E-state index >= 15 is 0 Å². The molecule has 0 radical (unpaired) electrons. The minimum absolute atomic E-state index is 0.135. The molecule has 1 aromatic heterocycles. The fourth-order valence-electron chi connectivity index (χ4n) is 2.61. The van der Waals surface area contributed by atoms with Crippen LogP contribution in [0.3, 0.4) is 0 Å². The second kappa shape index (κ2) is 6.84. The van der Waals surface area contributed by atoms with Gasteiger partial charge in [0.1, 0.15) is 5.82 Å². The van der Waals surface area contributed by atoms with Crippen LogP contribution in [0.1, 0.15) is 36.8 Å². The lowest BCUT2D eigenvalue weighted by Crippen LogP contribution is -2.28. The maximum atomic E-state index is 12.3. The van der Waals surface area contributed by atoms with Crippen LogP contribution in [-0.4, -0.2) is 34.1 Å². The largest absolute Gasteiger partial charge is 0.300 e. The maximum Gasteiger partial charge on any atom is 0.256 e. The molecule has 0 spiro atoms. The van der Waals surface area contributed by atoms with E-state index in [0.29, 0.717) is 0 Å². The standard InChI is InChI=1S/C16H25N3O/c1-4-5-6-7-10-19-11-8-14-15(9-12-19)17-13(2)18(3)16(14)20/h6-7H,4-5,8-12H2,1-3H3. The Morgan fingerprint density at radius 2 is 2.00 bits per heavy atom. The number of nitrogens with zero attached hydrogens (tertiary/aromatic N) is 3. The average Bonchev–Trinajstić information content (AvgIpc) is 2.64. The highest BCUT2D eigenvalue weighted by Gasteiger charge is 2.18. The summed E-state index contributed by atoms with van der Waals surface area (Å²) in [5, 5.41) is 0. The summed E-state index contributed by atoms with van der Waals surface area (Å²) in [6, 6.07) is 0. The zero-order valence-corrected chi connectivity index (χ0v) is 12.9. The van der Waals surface area contributed by atoms with Crippen LogP contribution in [0.15, 0.2) is 16.9 Å². The summed E-state index contributed by atoms with van der Waals surface area (Å²) in [4.78, 5) is 19.3. The molecule has 0 bridgehead atoms. The van der Waals surface area contributed by atoms with Crippen LogP contribution in [0.25, 0.3) is 0 Å². The van der Waals surface area contributed by atoms with Crippen LogP contribution in [0, 0.1) is 6.92 Å². The van der Waals surface area contributed by atoms with Crippen molar-refractivity contribution in [1.29, 1.82) is 0 Å². The first kappa shape index (κ1) is 15.0. The van der Waals surface area contributed by atoms with E-state index in [1.807, 2.05) is 6.92 Å². The van der Waals surface area contributed by atoms with Gasteiger partial charge in [-0.05, 0) is 19.8 Å². The van der Waals surface area contributed by atoms with Gasteiger partial charge in [0.05, 0.1) is 5.69 Å². The lowest BCUT2D eigenvalue weighted by molar-refractivity contribution is 0.317. The van der Waals surface area contributed by atoms with Crippen LogP contribution in [0.2, 0.25) is 0 Å². The molecular formula is C16H25N3O. The molecule has 4 heteroatoms. The van der Waals surface area contributed by atoms with E-state index in [-0.39, 0.29) is 5.56 Å². The number of fused-ring (bicyclic) bond motifs is 1. The summed E-state index contributed by atoms with van der Waals surface area (Å²) in [6.07, 6.45) is 8.54. The molecule has 0 aromatic carbocycles. The van der Waals surface area contributed by atoms with Crippen molar-refractivity contribution in [2.75, 3.05) is 19.6 Å². The van der Waals surface area contributed by atoms with Crippen molar-refractivity contribution < 1.29 is 0 Å². The molecule has 0 amide bonds. The Balaban J connectivity index is 2.07. The van der Waals surface area contributed by atoms with E-state index < -0.39 is 0 Å². The molecule has 2 heterocycles. The third-order valence-electron chi connectivity index (χ3n) is 4.02. The van der Waals surface area contributed by atoms with Crippen molar-refractivity contribution >= 4 is 0 Å². The van der Waals surface area contributed by atoms with Gasteiger partial charge in [0.15, 0.2) is 0 Å². The lowest BCUT2D eigenvalue weighted by Gasteiger charge is -2.16. The van der Waals surface area contributed by atoms with Crippen molar-refractivity contribution in [3.63, 3.8) is 0 Å². The fraction of sp³-hybridized carbons (Fsp3) is 0.625. The fourth-order valence-corrected chi connectivity index (χ4v) is 2.61. The molecule has 4 nitrogen and oxygen atoms in total. The molecular weight excluding hydrogens is 250 g/mol. The van der Waals surface area contributed by atoms with Crippen LogP contribution in [-0.2, 0) is 19.9 Å². The second-order valence-corrected chi connectivity index (χ2v) is 5.51. The summed E-state index contributed by atoms with van der Waals surface area (Å²) in [6.45, 7) is 7.01. The van der Waals surface area contributed by atoms with Crippen LogP contribution in [0.4, 0.5) is 0 Å². The molecule has 0 saturated carbocycles. The zero-order valence-electron chi connectivity index (χ0n) is 12.9. The normalized spacial score (nSPS) is 16.4. The molecule has 0 N–H and O–H groups in total. The van der Waals surface area contributed by atoms with Gasteiger partial charge in [0.25, 0.3) is 5.56 Å². The molecule has 0 fully saturated rings. The molecule has 0 unspecified atom stereocenters. The summed E-state index contributed by atoms with van der Waals surface area (Å²) in [7, 11) is 1.81. The van der Waals surface area contributed by atoms with Gasteiger partial charge in [-0.25, -0.2) is 4.98 Å². The molecule has 2 rings (SSSR count). The molecule has 0 atom stereocenters. The Bertz CT molecular complexity index is 545. The van der Waals surface area contributed by atoms with Crippen molar-refractivity contribution in [3.8, 4) is 0 Å². The van der Waals surface area contributed by atoms with E-state index in [4.69, 9.17) is 0 Å². The molecule has 110 valence electrons. The number of hydrogen-bond acceptors (Lipinski definition) is 3. The molecule has 1 aliphatic heterocycles. The van der Waals surface area contributed by atoms with Crippen molar-refractivity contribution in [2.45, 2.75) is 39.5 Å². The predicted octanol–water partition coefficient (Wildman–Crippen LogP) is 1.85. The molecule has 0 saturated heterocycles. The SMILES string of the molecule is CCCC=CCN1CCc2nc(C)n(C)c(=O)c2CC1. The van der Waals surface area contributed by atoms with Crippen LogP contribution in [0.5, 0.6) is 0 Å². The van der Waals surface area contributed by atoms with Gasteiger partial charge in [0.2, 0.25) is 0 Å². The summed E-state index contributed by atoms with van der Waals surface area (Å²) >= 11 is 0. The minimum Gasteiger partial charge on any atom is -0.300 e. The highest BCUT2D eigenvalue weighted by Crippen LogP contribution is 2.11. The first-order valence-corrected chi connectivity index (χ1v) is 7.56. The van der Waals surface area contributed by atoms with Crippen molar-refractivity contribution in [1.82, 2.24) is 14.5 Å². The first-order chi connectivity index (χ1) is 9.63. The number of rotatable bonds is 4. The number of hydrogen-bond donors (Lipinski definition) is 0. The maximum absolute atomic E-state index is 12.3. The van der Waals surface area contributed by atoms with Crippen LogP contribution < -0.4 is 5.56 Å². The number of aromatic nitrogens is 2. The topological polar surface area (TPSA) is 38.1 Å². The smallest absolute Gasteiger partial charge is 0.256 e. The Hall–Kier alpha value is -1.42.